The zero-order valence-corrected chi connectivity index (χ0v) is 9.44. The van der Waals surface area contributed by atoms with Gasteiger partial charge >= 0.3 is 0 Å². The molecule has 1 atom stereocenters. The second-order valence-corrected chi connectivity index (χ2v) is 3.90. The quantitative estimate of drug-likeness (QED) is 0.734. The number of benzene rings is 2. The summed E-state index contributed by atoms with van der Waals surface area (Å²) in [6.45, 7) is 1.90. The van der Waals surface area contributed by atoms with Gasteiger partial charge in [-0.25, -0.2) is 0 Å². The Balaban J connectivity index is 2.54. The minimum absolute atomic E-state index is 0.0596. The number of aldehydes is 1. The Kier molecular flexibility index (Phi) is 2.91. The lowest BCUT2D eigenvalue weighted by atomic mass is 9.99. The molecular weight excluding hydrogens is 200 g/mol. The van der Waals surface area contributed by atoms with Gasteiger partial charge in [0.2, 0.25) is 0 Å². The van der Waals surface area contributed by atoms with Crippen molar-refractivity contribution in [3.05, 3.63) is 42.0 Å². The van der Waals surface area contributed by atoms with Crippen LogP contribution < -0.4 is 4.74 Å². The largest absolute Gasteiger partial charge is 0.497 e. The van der Waals surface area contributed by atoms with Gasteiger partial charge in [0.1, 0.15) is 12.0 Å². The number of carbonyl (C=O) groups excluding carboxylic acids is 1. The van der Waals surface area contributed by atoms with Crippen molar-refractivity contribution in [2.75, 3.05) is 7.11 Å². The number of rotatable bonds is 3. The van der Waals surface area contributed by atoms with Gasteiger partial charge in [-0.15, -0.1) is 0 Å². The van der Waals surface area contributed by atoms with Crippen LogP contribution in [-0.4, -0.2) is 13.4 Å². The number of carbonyl (C=O) groups is 1. The number of fused-ring (bicyclic) bond motifs is 1. The number of hydrogen-bond acceptors (Lipinski definition) is 2. The maximum absolute atomic E-state index is 10.7. The Morgan fingerprint density at radius 1 is 1.12 bits per heavy atom. The van der Waals surface area contributed by atoms with Crippen LogP contribution in [0, 0.1) is 0 Å². The van der Waals surface area contributed by atoms with E-state index in [2.05, 4.69) is 0 Å². The summed E-state index contributed by atoms with van der Waals surface area (Å²) < 4.78 is 5.18. The maximum atomic E-state index is 10.7. The summed E-state index contributed by atoms with van der Waals surface area (Å²) in [4.78, 5) is 10.7. The first-order valence-electron chi connectivity index (χ1n) is 5.27. The molecule has 2 heteroatoms. The Bertz CT molecular complexity index is 517. The zero-order valence-electron chi connectivity index (χ0n) is 9.44. The van der Waals surface area contributed by atoms with Gasteiger partial charge in [0.05, 0.1) is 7.11 Å². The average molecular weight is 214 g/mol. The molecule has 0 aromatic heterocycles. The molecule has 0 aliphatic heterocycles. The predicted octanol–water partition coefficient (Wildman–Crippen LogP) is 3.15. The average Bonchev–Trinajstić information content (AvgIpc) is 2.36. The third-order valence-electron chi connectivity index (χ3n) is 2.80. The molecule has 0 amide bonds. The molecule has 82 valence electrons. The summed E-state index contributed by atoms with van der Waals surface area (Å²) in [5.41, 5.74) is 1.04. The summed E-state index contributed by atoms with van der Waals surface area (Å²) in [5.74, 6) is 0.777. The van der Waals surface area contributed by atoms with Crippen LogP contribution in [0.4, 0.5) is 0 Å². The SMILES string of the molecule is COc1ccc2ccc(C(C)C=O)cc2c1. The molecule has 0 fully saturated rings. The molecule has 2 aromatic rings. The van der Waals surface area contributed by atoms with Crippen LogP contribution in [0.3, 0.4) is 0 Å². The fraction of sp³-hybridized carbons (Fsp3) is 0.214. The molecule has 0 aliphatic rings. The molecule has 2 rings (SSSR count). The second kappa shape index (κ2) is 4.35. The molecule has 2 nitrogen and oxygen atoms in total. The lowest BCUT2D eigenvalue weighted by Crippen LogP contribution is -1.93. The molecule has 0 N–H and O–H groups in total. The van der Waals surface area contributed by atoms with Gasteiger partial charge in [0.25, 0.3) is 0 Å². The summed E-state index contributed by atoms with van der Waals surface area (Å²) >= 11 is 0. The van der Waals surface area contributed by atoms with Crippen molar-refractivity contribution < 1.29 is 9.53 Å². The molecule has 0 aliphatic carbocycles. The summed E-state index contributed by atoms with van der Waals surface area (Å²) in [6, 6.07) is 12.0. The van der Waals surface area contributed by atoms with Crippen molar-refractivity contribution in [1.29, 1.82) is 0 Å². The Hall–Kier alpha value is -1.83. The lowest BCUT2D eigenvalue weighted by molar-refractivity contribution is -0.108. The highest BCUT2D eigenvalue weighted by atomic mass is 16.5. The van der Waals surface area contributed by atoms with Crippen LogP contribution >= 0.6 is 0 Å². The highest BCUT2D eigenvalue weighted by Gasteiger charge is 2.04. The van der Waals surface area contributed by atoms with Crippen molar-refractivity contribution in [2.24, 2.45) is 0 Å². The first-order chi connectivity index (χ1) is 7.74. The van der Waals surface area contributed by atoms with Crippen molar-refractivity contribution in [1.82, 2.24) is 0 Å². The molecule has 2 aromatic carbocycles. The van der Waals surface area contributed by atoms with Gasteiger partial charge in [-0.05, 0) is 28.5 Å². The van der Waals surface area contributed by atoms with E-state index in [1.54, 1.807) is 7.11 Å². The van der Waals surface area contributed by atoms with E-state index >= 15 is 0 Å². The van der Waals surface area contributed by atoms with E-state index in [0.29, 0.717) is 0 Å². The fourth-order valence-electron chi connectivity index (χ4n) is 1.73. The van der Waals surface area contributed by atoms with Crippen molar-refractivity contribution >= 4 is 17.1 Å². The van der Waals surface area contributed by atoms with Gasteiger partial charge in [-0.3, -0.25) is 0 Å². The highest BCUT2D eigenvalue weighted by Crippen LogP contribution is 2.24. The van der Waals surface area contributed by atoms with Gasteiger partial charge in [-0.2, -0.15) is 0 Å². The molecule has 0 bridgehead atoms. The molecule has 0 saturated heterocycles. The first kappa shape index (κ1) is 10.7. The van der Waals surface area contributed by atoms with E-state index in [0.717, 1.165) is 28.4 Å². The third-order valence-corrected chi connectivity index (χ3v) is 2.80. The van der Waals surface area contributed by atoms with E-state index in [4.69, 9.17) is 4.74 Å². The zero-order chi connectivity index (χ0) is 11.5. The van der Waals surface area contributed by atoms with Crippen LogP contribution in [0.2, 0.25) is 0 Å². The molecule has 0 saturated carbocycles. The van der Waals surface area contributed by atoms with E-state index in [1.807, 2.05) is 43.3 Å². The molecule has 0 radical (unpaired) electrons. The minimum atomic E-state index is -0.0596. The van der Waals surface area contributed by atoms with Crippen LogP contribution in [-0.2, 0) is 4.79 Å². The second-order valence-electron chi connectivity index (χ2n) is 3.90. The summed E-state index contributed by atoms with van der Waals surface area (Å²) in [7, 11) is 1.65. The summed E-state index contributed by atoms with van der Waals surface area (Å²) in [6.07, 6.45) is 0.960. The van der Waals surface area contributed by atoms with Crippen molar-refractivity contribution in [2.45, 2.75) is 12.8 Å². The Labute approximate surface area is 94.8 Å². The van der Waals surface area contributed by atoms with Gasteiger partial charge in [-0.1, -0.05) is 31.2 Å². The smallest absolute Gasteiger partial charge is 0.127 e. The van der Waals surface area contributed by atoms with Crippen molar-refractivity contribution in [3.63, 3.8) is 0 Å². The molecule has 1 unspecified atom stereocenters. The van der Waals surface area contributed by atoms with Crippen LogP contribution in [0.1, 0.15) is 18.4 Å². The lowest BCUT2D eigenvalue weighted by Gasteiger charge is -2.07. The van der Waals surface area contributed by atoms with Crippen LogP contribution in [0.15, 0.2) is 36.4 Å². The topological polar surface area (TPSA) is 26.3 Å². The maximum Gasteiger partial charge on any atom is 0.127 e. The van der Waals surface area contributed by atoms with E-state index in [1.165, 1.54) is 0 Å². The fourth-order valence-corrected chi connectivity index (χ4v) is 1.73. The predicted molar refractivity (Wildman–Crippen MR) is 65.0 cm³/mol. The van der Waals surface area contributed by atoms with E-state index in [-0.39, 0.29) is 5.92 Å². The van der Waals surface area contributed by atoms with Gasteiger partial charge in [0, 0.05) is 5.92 Å². The summed E-state index contributed by atoms with van der Waals surface area (Å²) in [5, 5.41) is 2.26. The van der Waals surface area contributed by atoms with Crippen LogP contribution in [0.5, 0.6) is 5.75 Å². The third kappa shape index (κ3) is 1.91. The number of hydrogen-bond donors (Lipinski definition) is 0. The Morgan fingerprint density at radius 2 is 1.88 bits per heavy atom. The number of ether oxygens (including phenoxy) is 1. The first-order valence-corrected chi connectivity index (χ1v) is 5.27. The molecule has 0 spiro atoms. The molecule has 0 heterocycles. The standard InChI is InChI=1S/C14H14O2/c1-10(9-15)12-4-3-11-5-6-14(16-2)8-13(11)7-12/h3-10H,1-2H3. The molecular formula is C14H14O2. The van der Waals surface area contributed by atoms with Gasteiger partial charge < -0.3 is 9.53 Å². The monoisotopic (exact) mass is 214 g/mol. The minimum Gasteiger partial charge on any atom is -0.497 e. The van der Waals surface area contributed by atoms with Gasteiger partial charge in [0.15, 0.2) is 0 Å². The Morgan fingerprint density at radius 3 is 2.56 bits per heavy atom. The normalized spacial score (nSPS) is 12.4. The molecule has 16 heavy (non-hydrogen) atoms. The van der Waals surface area contributed by atoms with Crippen molar-refractivity contribution in [3.8, 4) is 5.75 Å². The van der Waals surface area contributed by atoms with E-state index < -0.39 is 0 Å². The highest BCUT2D eigenvalue weighted by molar-refractivity contribution is 5.85. The van der Waals surface area contributed by atoms with Crippen LogP contribution in [0.25, 0.3) is 10.8 Å². The number of methoxy groups -OCH3 is 1. The van der Waals surface area contributed by atoms with E-state index in [9.17, 15) is 4.79 Å².